The minimum absolute atomic E-state index is 0.0455. The molecule has 1 fully saturated rings. The van der Waals surface area contributed by atoms with E-state index in [-0.39, 0.29) is 11.8 Å². The Morgan fingerprint density at radius 1 is 1.40 bits per heavy atom. The minimum Gasteiger partial charge on any atom is -0.481 e. The number of carboxylic acids is 1. The maximum Gasteiger partial charge on any atom is 0.306 e. The lowest BCUT2D eigenvalue weighted by molar-refractivity contribution is -0.145. The molecule has 2 rings (SSSR count). The number of hydrogen-bond donors (Lipinski definition) is 1. The molecular weight excluding hydrogens is 258 g/mol. The second-order valence-electron chi connectivity index (χ2n) is 5.21. The van der Waals surface area contributed by atoms with Gasteiger partial charge in [0.1, 0.15) is 12.4 Å². The standard InChI is InChI=1S/C14H21N3O3/c1-2-3-12-15-6-9-17(12)10-13(18)16-7-4-11(5-8-16)14(19)20/h6,9,11H,2-5,7-8,10H2,1H3,(H,19,20). The van der Waals surface area contributed by atoms with E-state index in [1.807, 2.05) is 10.8 Å². The molecule has 2 heterocycles. The van der Waals surface area contributed by atoms with Crippen LogP contribution >= 0.6 is 0 Å². The van der Waals surface area contributed by atoms with Crippen LogP contribution < -0.4 is 0 Å². The monoisotopic (exact) mass is 279 g/mol. The number of hydrogen-bond acceptors (Lipinski definition) is 3. The van der Waals surface area contributed by atoms with Crippen LogP contribution in [0.4, 0.5) is 0 Å². The topological polar surface area (TPSA) is 75.4 Å². The van der Waals surface area contributed by atoms with Crippen LogP contribution in [0.2, 0.25) is 0 Å². The van der Waals surface area contributed by atoms with Crippen LogP contribution in [-0.4, -0.2) is 44.5 Å². The van der Waals surface area contributed by atoms with Crippen LogP contribution in [0.5, 0.6) is 0 Å². The van der Waals surface area contributed by atoms with Gasteiger partial charge in [0.2, 0.25) is 5.91 Å². The molecule has 0 spiro atoms. The zero-order valence-corrected chi connectivity index (χ0v) is 11.8. The van der Waals surface area contributed by atoms with Gasteiger partial charge in [0.15, 0.2) is 0 Å². The molecule has 20 heavy (non-hydrogen) atoms. The van der Waals surface area contributed by atoms with E-state index in [1.54, 1.807) is 11.1 Å². The summed E-state index contributed by atoms with van der Waals surface area (Å²) in [7, 11) is 0. The molecule has 0 radical (unpaired) electrons. The number of carboxylic acid groups (broad SMARTS) is 1. The Bertz CT molecular complexity index is 476. The van der Waals surface area contributed by atoms with Crippen molar-refractivity contribution in [1.82, 2.24) is 14.5 Å². The molecule has 1 saturated heterocycles. The van der Waals surface area contributed by atoms with Gasteiger partial charge >= 0.3 is 5.97 Å². The van der Waals surface area contributed by atoms with E-state index >= 15 is 0 Å². The van der Waals surface area contributed by atoms with E-state index in [4.69, 9.17) is 5.11 Å². The summed E-state index contributed by atoms with van der Waals surface area (Å²) in [4.78, 5) is 29.1. The zero-order chi connectivity index (χ0) is 14.5. The number of nitrogens with zero attached hydrogens (tertiary/aromatic N) is 3. The first kappa shape index (κ1) is 14.6. The van der Waals surface area contributed by atoms with E-state index in [2.05, 4.69) is 11.9 Å². The van der Waals surface area contributed by atoms with Crippen molar-refractivity contribution in [3.05, 3.63) is 18.2 Å². The van der Waals surface area contributed by atoms with Crippen molar-refractivity contribution < 1.29 is 14.7 Å². The Hall–Kier alpha value is -1.85. The molecule has 1 aliphatic heterocycles. The summed E-state index contributed by atoms with van der Waals surface area (Å²) in [6.45, 7) is 3.45. The van der Waals surface area contributed by atoms with Crippen molar-refractivity contribution in [2.45, 2.75) is 39.2 Å². The number of likely N-dealkylation sites (tertiary alicyclic amines) is 1. The van der Waals surface area contributed by atoms with Gasteiger partial charge in [-0.1, -0.05) is 6.92 Å². The lowest BCUT2D eigenvalue weighted by Gasteiger charge is -2.30. The molecule has 0 unspecified atom stereocenters. The van der Waals surface area contributed by atoms with Gasteiger partial charge in [-0.15, -0.1) is 0 Å². The van der Waals surface area contributed by atoms with E-state index in [0.717, 1.165) is 18.7 Å². The second-order valence-corrected chi connectivity index (χ2v) is 5.21. The molecule has 1 aliphatic rings. The maximum atomic E-state index is 12.2. The van der Waals surface area contributed by atoms with Gasteiger partial charge in [-0.2, -0.15) is 0 Å². The first-order valence-corrected chi connectivity index (χ1v) is 7.12. The summed E-state index contributed by atoms with van der Waals surface area (Å²) in [5.41, 5.74) is 0. The van der Waals surface area contributed by atoms with Crippen molar-refractivity contribution in [2.24, 2.45) is 5.92 Å². The molecule has 6 heteroatoms. The number of rotatable bonds is 5. The number of aliphatic carboxylic acids is 1. The molecule has 6 nitrogen and oxygen atoms in total. The number of piperidine rings is 1. The van der Waals surface area contributed by atoms with Gasteiger partial charge in [0.05, 0.1) is 5.92 Å². The molecule has 1 amide bonds. The van der Waals surface area contributed by atoms with Crippen LogP contribution in [0.1, 0.15) is 32.0 Å². The highest BCUT2D eigenvalue weighted by Crippen LogP contribution is 2.17. The summed E-state index contributed by atoms with van der Waals surface area (Å²) in [5, 5.41) is 8.95. The van der Waals surface area contributed by atoms with Crippen LogP contribution in [0.25, 0.3) is 0 Å². The highest BCUT2D eigenvalue weighted by atomic mass is 16.4. The molecule has 1 aromatic rings. The third-order valence-electron chi connectivity index (χ3n) is 3.78. The molecule has 1 N–H and O–H groups in total. The average molecular weight is 279 g/mol. The van der Waals surface area contributed by atoms with Gasteiger partial charge in [-0.3, -0.25) is 9.59 Å². The molecule has 0 bridgehead atoms. The molecule has 0 saturated carbocycles. The molecule has 0 aromatic carbocycles. The van der Waals surface area contributed by atoms with E-state index in [9.17, 15) is 9.59 Å². The van der Waals surface area contributed by atoms with Gasteiger partial charge in [-0.25, -0.2) is 4.98 Å². The number of aryl methyl sites for hydroxylation is 1. The Labute approximate surface area is 118 Å². The largest absolute Gasteiger partial charge is 0.481 e. The first-order chi connectivity index (χ1) is 9.61. The van der Waals surface area contributed by atoms with Gasteiger partial charge in [0, 0.05) is 31.9 Å². The van der Waals surface area contributed by atoms with Gasteiger partial charge in [-0.05, 0) is 19.3 Å². The van der Waals surface area contributed by atoms with Crippen LogP contribution in [0.15, 0.2) is 12.4 Å². The highest BCUT2D eigenvalue weighted by Gasteiger charge is 2.27. The predicted octanol–water partition coefficient (Wildman–Crippen LogP) is 1.16. The maximum absolute atomic E-state index is 12.2. The van der Waals surface area contributed by atoms with Gasteiger partial charge in [0.25, 0.3) is 0 Å². The number of aromatic nitrogens is 2. The third-order valence-corrected chi connectivity index (χ3v) is 3.78. The number of amides is 1. The van der Waals surface area contributed by atoms with Crippen molar-refractivity contribution in [2.75, 3.05) is 13.1 Å². The Morgan fingerprint density at radius 2 is 2.10 bits per heavy atom. The molecule has 110 valence electrons. The lowest BCUT2D eigenvalue weighted by atomic mass is 9.97. The minimum atomic E-state index is -0.753. The number of carbonyl (C=O) groups excluding carboxylic acids is 1. The zero-order valence-electron chi connectivity index (χ0n) is 11.8. The fourth-order valence-corrected chi connectivity index (χ4v) is 2.56. The van der Waals surface area contributed by atoms with Crippen LogP contribution in [-0.2, 0) is 22.6 Å². The Morgan fingerprint density at radius 3 is 2.70 bits per heavy atom. The molecular formula is C14H21N3O3. The highest BCUT2D eigenvalue weighted by molar-refractivity contribution is 5.77. The van der Waals surface area contributed by atoms with Crippen molar-refractivity contribution in [1.29, 1.82) is 0 Å². The summed E-state index contributed by atoms with van der Waals surface area (Å²) in [5.74, 6) is -0.0784. The Kier molecular flexibility index (Phi) is 4.76. The molecule has 0 aliphatic carbocycles. The second kappa shape index (κ2) is 6.54. The lowest BCUT2D eigenvalue weighted by Crippen LogP contribution is -2.41. The fraction of sp³-hybridized carbons (Fsp3) is 0.643. The van der Waals surface area contributed by atoms with E-state index in [0.29, 0.717) is 32.5 Å². The van der Waals surface area contributed by atoms with Crippen molar-refractivity contribution in [3.8, 4) is 0 Å². The van der Waals surface area contributed by atoms with Gasteiger partial charge < -0.3 is 14.6 Å². The summed E-state index contributed by atoms with van der Waals surface area (Å²) in [6, 6.07) is 0. The van der Waals surface area contributed by atoms with E-state index < -0.39 is 5.97 Å². The first-order valence-electron chi connectivity index (χ1n) is 7.12. The molecule has 0 atom stereocenters. The quantitative estimate of drug-likeness (QED) is 0.877. The molecule has 1 aromatic heterocycles. The number of imidazole rings is 1. The van der Waals surface area contributed by atoms with Crippen molar-refractivity contribution in [3.63, 3.8) is 0 Å². The fourth-order valence-electron chi connectivity index (χ4n) is 2.56. The third kappa shape index (κ3) is 3.37. The predicted molar refractivity (Wildman–Crippen MR) is 73.2 cm³/mol. The summed E-state index contributed by atoms with van der Waals surface area (Å²) >= 11 is 0. The normalized spacial score (nSPS) is 16.4. The average Bonchev–Trinajstić information content (AvgIpc) is 2.86. The van der Waals surface area contributed by atoms with Crippen LogP contribution in [0.3, 0.4) is 0 Å². The number of carbonyl (C=O) groups is 2. The van der Waals surface area contributed by atoms with E-state index in [1.165, 1.54) is 0 Å². The smallest absolute Gasteiger partial charge is 0.306 e. The Balaban J connectivity index is 1.89. The summed E-state index contributed by atoms with van der Waals surface area (Å²) in [6.07, 6.45) is 6.50. The van der Waals surface area contributed by atoms with Crippen LogP contribution in [0, 0.1) is 5.92 Å². The summed E-state index contributed by atoms with van der Waals surface area (Å²) < 4.78 is 1.88. The SMILES string of the molecule is CCCc1nccn1CC(=O)N1CCC(C(=O)O)CC1. The van der Waals surface area contributed by atoms with Crippen molar-refractivity contribution >= 4 is 11.9 Å².